The maximum atomic E-state index is 14.8. The van der Waals surface area contributed by atoms with Crippen LogP contribution in [0.2, 0.25) is 0 Å². The number of benzene rings is 1. The summed E-state index contributed by atoms with van der Waals surface area (Å²) in [6.45, 7) is 1.06. The zero-order valence-corrected chi connectivity index (χ0v) is 22.8. The second kappa shape index (κ2) is 11.0. The van der Waals surface area contributed by atoms with E-state index in [4.69, 9.17) is 0 Å². The van der Waals surface area contributed by atoms with E-state index >= 15 is 0 Å². The van der Waals surface area contributed by atoms with Crippen LogP contribution >= 0.6 is 0 Å². The molecule has 42 heavy (non-hydrogen) atoms. The minimum absolute atomic E-state index is 0.0521. The molecule has 1 saturated heterocycles. The molecule has 5 rings (SSSR count). The molecule has 0 bridgehead atoms. The van der Waals surface area contributed by atoms with Gasteiger partial charge in [0.25, 0.3) is 0 Å². The van der Waals surface area contributed by atoms with Gasteiger partial charge < -0.3 is 5.32 Å². The van der Waals surface area contributed by atoms with Crippen LogP contribution in [0.25, 0.3) is 11.3 Å². The van der Waals surface area contributed by atoms with E-state index in [2.05, 4.69) is 26.3 Å². The van der Waals surface area contributed by atoms with E-state index in [0.717, 1.165) is 53.8 Å². The monoisotopic (exact) mass is 606 g/mol. The highest BCUT2D eigenvalue weighted by molar-refractivity contribution is 7.89. The van der Waals surface area contributed by atoms with Crippen molar-refractivity contribution in [2.75, 3.05) is 0 Å². The number of hydrogen-bond acceptors (Lipinski definition) is 7. The summed E-state index contributed by atoms with van der Waals surface area (Å²) >= 11 is 0. The second-order valence-corrected chi connectivity index (χ2v) is 12.0. The molecule has 0 radical (unpaired) electrons. The van der Waals surface area contributed by atoms with Crippen LogP contribution in [0.3, 0.4) is 0 Å². The second-order valence-electron chi connectivity index (χ2n) is 10.1. The van der Waals surface area contributed by atoms with E-state index in [1.807, 2.05) is 0 Å². The number of sulfonamides is 1. The van der Waals surface area contributed by atoms with Gasteiger partial charge in [0.1, 0.15) is 24.1 Å². The van der Waals surface area contributed by atoms with E-state index in [9.17, 15) is 40.4 Å². The standard InChI is InChI=1S/C27H23F5N6O3S/c1-14-21(29)9-23(38(14)42(40,41)19-6-4-18(28)5-7-19)25(39)34-11-16-8-22(37-24(15-2-3-15)20(16)10-33)17-12-35-26(36-13-17)27(30,31)32/h4-8,12-15,21,23H,2-3,9,11H2,1H3,(H,34,39)/t14-,21+,23-/m0/s1. The quantitative estimate of drug-likeness (QED) is 0.398. The predicted octanol–water partition coefficient (Wildman–Crippen LogP) is 4.25. The van der Waals surface area contributed by atoms with Gasteiger partial charge in [0.05, 0.1) is 27.9 Å². The van der Waals surface area contributed by atoms with Gasteiger partial charge in [0, 0.05) is 36.8 Å². The molecule has 0 unspecified atom stereocenters. The van der Waals surface area contributed by atoms with Crippen LogP contribution in [0.15, 0.2) is 47.6 Å². The molecular formula is C27H23F5N6O3S. The molecule has 9 nitrogen and oxygen atoms in total. The van der Waals surface area contributed by atoms with Gasteiger partial charge in [-0.3, -0.25) is 9.78 Å². The molecule has 3 atom stereocenters. The number of pyridine rings is 1. The summed E-state index contributed by atoms with van der Waals surface area (Å²) in [6, 6.07) is 4.82. The molecule has 1 aliphatic carbocycles. The zero-order valence-electron chi connectivity index (χ0n) is 21.9. The molecular weight excluding hydrogens is 583 g/mol. The molecule has 3 heterocycles. The first-order chi connectivity index (χ1) is 19.8. The Balaban J connectivity index is 1.43. The summed E-state index contributed by atoms with van der Waals surface area (Å²) in [5.41, 5.74) is 1.22. The van der Waals surface area contributed by atoms with Crippen molar-refractivity contribution in [2.45, 2.75) is 68.0 Å². The number of carbonyl (C=O) groups excluding carboxylic acids is 1. The average Bonchev–Trinajstić information content (AvgIpc) is 3.75. The van der Waals surface area contributed by atoms with Crippen molar-refractivity contribution >= 4 is 15.9 Å². The van der Waals surface area contributed by atoms with Crippen molar-refractivity contribution in [3.8, 4) is 17.3 Å². The van der Waals surface area contributed by atoms with Crippen molar-refractivity contribution in [2.24, 2.45) is 0 Å². The van der Waals surface area contributed by atoms with Crippen molar-refractivity contribution in [3.05, 3.63) is 71.2 Å². The molecule has 15 heteroatoms. The Morgan fingerprint density at radius 3 is 2.38 bits per heavy atom. The molecule has 220 valence electrons. The number of carbonyl (C=O) groups is 1. The van der Waals surface area contributed by atoms with Gasteiger partial charge in [0.15, 0.2) is 0 Å². The number of hydrogen-bond donors (Lipinski definition) is 1. The number of amides is 1. The number of nitrogens with one attached hydrogen (secondary N) is 1. The van der Waals surface area contributed by atoms with Crippen LogP contribution in [0, 0.1) is 17.1 Å². The number of nitriles is 1. The van der Waals surface area contributed by atoms with Gasteiger partial charge in [-0.25, -0.2) is 27.2 Å². The fourth-order valence-electron chi connectivity index (χ4n) is 4.89. The summed E-state index contributed by atoms with van der Waals surface area (Å²) in [5.74, 6) is -2.86. The number of rotatable bonds is 7. The third-order valence-electron chi connectivity index (χ3n) is 7.23. The third-order valence-corrected chi connectivity index (χ3v) is 9.24. The Labute approximate surface area is 237 Å². The van der Waals surface area contributed by atoms with Crippen molar-refractivity contribution in [1.82, 2.24) is 24.6 Å². The topological polar surface area (TPSA) is 129 Å². The van der Waals surface area contributed by atoms with E-state index in [0.29, 0.717) is 5.69 Å². The summed E-state index contributed by atoms with van der Waals surface area (Å²) in [6.07, 6.45) is -3.40. The smallest absolute Gasteiger partial charge is 0.351 e. The molecule has 1 amide bonds. The van der Waals surface area contributed by atoms with Crippen molar-refractivity contribution in [3.63, 3.8) is 0 Å². The predicted molar refractivity (Wildman–Crippen MR) is 137 cm³/mol. The Hall–Kier alpha value is -4.03. The van der Waals surface area contributed by atoms with Crippen LogP contribution in [-0.2, 0) is 27.5 Å². The molecule has 3 aromatic rings. The Bertz CT molecular complexity index is 1660. The summed E-state index contributed by atoms with van der Waals surface area (Å²) in [5, 5.41) is 12.5. The lowest BCUT2D eigenvalue weighted by atomic mass is 10.0. The fraction of sp³-hybridized carbons (Fsp3) is 0.370. The SMILES string of the molecule is C[C@H]1[C@H](F)C[C@@H](C(=O)NCc2cc(-c3cnc(C(F)(F)F)nc3)nc(C3CC3)c2C#N)N1S(=O)(=O)c1ccc(F)cc1. The molecule has 2 aromatic heterocycles. The Morgan fingerprint density at radius 2 is 1.81 bits per heavy atom. The lowest BCUT2D eigenvalue weighted by Crippen LogP contribution is -2.48. The van der Waals surface area contributed by atoms with Crippen LogP contribution in [0.5, 0.6) is 0 Å². The van der Waals surface area contributed by atoms with Crippen LogP contribution in [0.4, 0.5) is 22.0 Å². The summed E-state index contributed by atoms with van der Waals surface area (Å²) < 4.78 is 94.4. The van der Waals surface area contributed by atoms with E-state index in [1.54, 1.807) is 0 Å². The fourth-order valence-corrected chi connectivity index (χ4v) is 6.70. The van der Waals surface area contributed by atoms with Crippen LogP contribution in [-0.4, -0.2) is 51.8 Å². The molecule has 1 aliphatic heterocycles. The highest BCUT2D eigenvalue weighted by Gasteiger charge is 2.49. The van der Waals surface area contributed by atoms with Crippen molar-refractivity contribution < 1.29 is 35.2 Å². The molecule has 2 aliphatic rings. The summed E-state index contributed by atoms with van der Waals surface area (Å²) in [7, 11) is -4.38. The zero-order chi connectivity index (χ0) is 30.4. The van der Waals surface area contributed by atoms with Crippen molar-refractivity contribution in [1.29, 1.82) is 5.26 Å². The molecule has 1 aromatic carbocycles. The Morgan fingerprint density at radius 1 is 1.17 bits per heavy atom. The molecule has 1 N–H and O–H groups in total. The minimum atomic E-state index is -4.74. The van der Waals surface area contributed by atoms with Gasteiger partial charge in [-0.1, -0.05) is 0 Å². The first-order valence-corrected chi connectivity index (χ1v) is 14.3. The maximum absolute atomic E-state index is 14.8. The minimum Gasteiger partial charge on any atom is -0.351 e. The van der Waals surface area contributed by atoms with E-state index in [-0.39, 0.29) is 39.7 Å². The van der Waals surface area contributed by atoms with Gasteiger partial charge in [-0.15, -0.1) is 0 Å². The molecule has 0 spiro atoms. The molecule has 1 saturated carbocycles. The lowest BCUT2D eigenvalue weighted by molar-refractivity contribution is -0.145. The number of nitrogens with zero attached hydrogens (tertiary/aromatic N) is 5. The largest absolute Gasteiger partial charge is 0.451 e. The first-order valence-electron chi connectivity index (χ1n) is 12.9. The third kappa shape index (κ3) is 5.68. The molecule has 2 fully saturated rings. The number of alkyl halides is 4. The first kappa shape index (κ1) is 29.5. The average molecular weight is 607 g/mol. The lowest BCUT2D eigenvalue weighted by Gasteiger charge is -2.27. The van der Waals surface area contributed by atoms with Gasteiger partial charge in [-0.05, 0) is 55.7 Å². The van der Waals surface area contributed by atoms with Gasteiger partial charge in [-0.2, -0.15) is 22.7 Å². The maximum Gasteiger partial charge on any atom is 0.451 e. The number of halogens is 5. The Kier molecular flexibility index (Phi) is 7.71. The van der Waals surface area contributed by atoms with Crippen LogP contribution < -0.4 is 5.32 Å². The van der Waals surface area contributed by atoms with Gasteiger partial charge >= 0.3 is 6.18 Å². The highest BCUT2D eigenvalue weighted by Crippen LogP contribution is 2.42. The van der Waals surface area contributed by atoms with Crippen LogP contribution in [0.1, 0.15) is 54.7 Å². The summed E-state index contributed by atoms with van der Waals surface area (Å²) in [4.78, 5) is 24.2. The highest BCUT2D eigenvalue weighted by atomic mass is 32.2. The normalized spacial score (nSPS) is 21.2. The van der Waals surface area contributed by atoms with Gasteiger partial charge in [0.2, 0.25) is 21.8 Å². The van der Waals surface area contributed by atoms with E-state index in [1.165, 1.54) is 13.0 Å². The number of aromatic nitrogens is 3. The van der Waals surface area contributed by atoms with E-state index < -0.39 is 58.4 Å².